The number of anilines is 3. The summed E-state index contributed by atoms with van der Waals surface area (Å²) in [6.45, 7) is 4.81. The van der Waals surface area contributed by atoms with Crippen molar-refractivity contribution in [2.75, 3.05) is 4.90 Å². The van der Waals surface area contributed by atoms with Gasteiger partial charge in [-0.05, 0) is 180 Å². The van der Waals surface area contributed by atoms with E-state index in [9.17, 15) is 0 Å². The largest absolute Gasteiger partial charge is 0.310 e. The first kappa shape index (κ1) is 36.8. The molecule has 4 fully saturated rings. The molecule has 0 saturated heterocycles. The van der Waals surface area contributed by atoms with Gasteiger partial charge in [-0.25, -0.2) is 0 Å². The van der Waals surface area contributed by atoms with Gasteiger partial charge in [0.2, 0.25) is 0 Å². The van der Waals surface area contributed by atoms with Crippen LogP contribution in [0.3, 0.4) is 0 Å². The van der Waals surface area contributed by atoms with Gasteiger partial charge in [0.25, 0.3) is 0 Å². The summed E-state index contributed by atoms with van der Waals surface area (Å²) in [5.74, 6) is 3.23. The Morgan fingerprint density at radius 3 is 1.78 bits per heavy atom. The number of hydrogen-bond acceptors (Lipinski definition) is 1. The Balaban J connectivity index is 0.945. The molecule has 0 unspecified atom stereocenters. The van der Waals surface area contributed by atoms with E-state index >= 15 is 0 Å². The van der Waals surface area contributed by atoms with Crippen LogP contribution < -0.4 is 4.90 Å². The lowest BCUT2D eigenvalue weighted by Crippen LogP contribution is -2.55. The van der Waals surface area contributed by atoms with Crippen LogP contribution in [0.2, 0.25) is 0 Å². The first-order valence-electron chi connectivity index (χ1n) is 23.8. The van der Waals surface area contributed by atoms with Crippen molar-refractivity contribution >= 4 is 38.6 Å². The van der Waals surface area contributed by atoms with Crippen molar-refractivity contribution in [1.82, 2.24) is 0 Å². The monoisotopic (exact) mass is 821 g/mol. The molecule has 0 aliphatic heterocycles. The van der Waals surface area contributed by atoms with Crippen LogP contribution in [0.25, 0.3) is 66.1 Å². The molecule has 0 amide bonds. The van der Waals surface area contributed by atoms with E-state index < -0.39 is 0 Å². The number of fused-ring (bicyclic) bond motifs is 9. The molecule has 0 radical (unpaired) electrons. The van der Waals surface area contributed by atoms with E-state index in [1.807, 2.05) is 0 Å². The average molecular weight is 822 g/mol. The summed E-state index contributed by atoms with van der Waals surface area (Å²) >= 11 is 0. The minimum Gasteiger partial charge on any atom is -0.310 e. The lowest BCUT2D eigenvalue weighted by Gasteiger charge is -2.61. The van der Waals surface area contributed by atoms with Crippen LogP contribution in [0.15, 0.2) is 188 Å². The Morgan fingerprint density at radius 1 is 0.375 bits per heavy atom. The predicted octanol–water partition coefficient (Wildman–Crippen LogP) is 16.8. The molecule has 9 aromatic carbocycles. The molecule has 1 spiro atoms. The Bertz CT molecular complexity index is 3360. The quantitative estimate of drug-likeness (QED) is 0.156. The maximum absolute atomic E-state index is 2.65. The molecule has 9 aromatic rings. The Labute approximate surface area is 377 Å². The highest BCUT2D eigenvalue weighted by Crippen LogP contribution is 2.69. The lowest BCUT2D eigenvalue weighted by atomic mass is 9.43. The zero-order valence-corrected chi connectivity index (χ0v) is 36.7. The van der Waals surface area contributed by atoms with E-state index in [1.54, 1.807) is 11.1 Å². The fourth-order valence-corrected chi connectivity index (χ4v) is 14.7. The molecule has 0 N–H and O–H groups in total. The maximum Gasteiger partial charge on any atom is 0.0467 e. The number of hydrogen-bond donors (Lipinski definition) is 0. The molecule has 4 bridgehead atoms. The summed E-state index contributed by atoms with van der Waals surface area (Å²) in [6.07, 6.45) is 6.97. The minimum absolute atomic E-state index is 0.0937. The van der Waals surface area contributed by atoms with Crippen LogP contribution in [-0.2, 0) is 10.8 Å². The molecule has 6 aliphatic rings. The van der Waals surface area contributed by atoms with Gasteiger partial charge in [0.15, 0.2) is 0 Å². The van der Waals surface area contributed by atoms with Crippen molar-refractivity contribution < 1.29 is 0 Å². The van der Waals surface area contributed by atoms with Gasteiger partial charge in [-0.3, -0.25) is 0 Å². The van der Waals surface area contributed by atoms with Crippen LogP contribution in [0.1, 0.15) is 68.2 Å². The molecular weight excluding hydrogens is 771 g/mol. The Kier molecular flexibility index (Phi) is 7.70. The highest BCUT2D eigenvalue weighted by atomic mass is 15.1. The van der Waals surface area contributed by atoms with Gasteiger partial charge in [0.05, 0.1) is 0 Å². The molecule has 0 atom stereocenters. The topological polar surface area (TPSA) is 3.24 Å². The van der Waals surface area contributed by atoms with Gasteiger partial charge in [0.1, 0.15) is 0 Å². The number of benzene rings is 9. The molecule has 15 rings (SSSR count). The van der Waals surface area contributed by atoms with Crippen molar-refractivity contribution in [3.05, 3.63) is 210 Å². The second kappa shape index (κ2) is 13.4. The van der Waals surface area contributed by atoms with Crippen molar-refractivity contribution in [2.24, 2.45) is 23.7 Å². The fourth-order valence-electron chi connectivity index (χ4n) is 14.7. The summed E-state index contributed by atoms with van der Waals surface area (Å²) in [5.41, 5.74) is 20.3. The SMILES string of the molecule is CC1(C)c2ccccc2-c2cccc(-c3cccc(N(c4ccc(-c5cccc6c5ccc5ccccc56)cc4)c4ccc5c(c4)C4(c6ccccc6-5)C5CC6CC(C5)CC4C6)c3)c21. The van der Waals surface area contributed by atoms with Gasteiger partial charge >= 0.3 is 0 Å². The third kappa shape index (κ3) is 5.02. The smallest absolute Gasteiger partial charge is 0.0467 e. The molecule has 4 saturated carbocycles. The van der Waals surface area contributed by atoms with Crippen molar-refractivity contribution in [3.8, 4) is 44.5 Å². The second-order valence-electron chi connectivity index (χ2n) is 20.5. The van der Waals surface area contributed by atoms with E-state index in [0.717, 1.165) is 11.8 Å². The van der Waals surface area contributed by atoms with E-state index in [-0.39, 0.29) is 10.8 Å². The highest BCUT2D eigenvalue weighted by Gasteiger charge is 2.61. The summed E-state index contributed by atoms with van der Waals surface area (Å²) in [6, 6.07) is 71.9. The zero-order chi connectivity index (χ0) is 42.3. The summed E-state index contributed by atoms with van der Waals surface area (Å²) in [5, 5.41) is 5.17. The zero-order valence-electron chi connectivity index (χ0n) is 36.7. The van der Waals surface area contributed by atoms with Gasteiger partial charge < -0.3 is 4.90 Å². The van der Waals surface area contributed by atoms with Gasteiger partial charge in [-0.15, -0.1) is 0 Å². The summed E-state index contributed by atoms with van der Waals surface area (Å²) < 4.78 is 0. The van der Waals surface area contributed by atoms with Crippen LogP contribution in [0.4, 0.5) is 17.1 Å². The molecule has 1 nitrogen and oxygen atoms in total. The van der Waals surface area contributed by atoms with Crippen molar-refractivity contribution in [2.45, 2.75) is 56.8 Å². The molecule has 0 heterocycles. The first-order valence-corrected chi connectivity index (χ1v) is 23.8. The summed E-state index contributed by atoms with van der Waals surface area (Å²) in [4.78, 5) is 2.56. The molecule has 1 heteroatoms. The van der Waals surface area contributed by atoms with E-state index in [2.05, 4.69) is 207 Å². The molecule has 0 aromatic heterocycles. The predicted molar refractivity (Wildman–Crippen MR) is 268 cm³/mol. The standard InChI is InChI=1S/C63H51N/c1-62(2)58-22-7-5-17-55(58)57-21-11-19-51(61(57)62)43-13-9-14-47(37-43)64(46-27-24-42(25-28-46)50-18-10-20-52-49-15-4-3-12-41(49)26-30-53(50)52)48-29-31-56-54-16-6-8-23-59(54)63(60(56)38-48)44-33-39-32-40(35-44)36-45(63)34-39/h3-31,37-40,44-45H,32-36H2,1-2H3. The third-order valence-corrected chi connectivity index (χ3v) is 17.0. The molecule has 308 valence electrons. The van der Waals surface area contributed by atoms with Crippen molar-refractivity contribution in [3.63, 3.8) is 0 Å². The number of rotatable bonds is 5. The van der Waals surface area contributed by atoms with Crippen LogP contribution in [-0.4, -0.2) is 0 Å². The van der Waals surface area contributed by atoms with E-state index in [1.165, 1.54) is 126 Å². The average Bonchev–Trinajstić information content (AvgIpc) is 3.76. The minimum atomic E-state index is -0.107. The first-order chi connectivity index (χ1) is 31.4. The van der Waals surface area contributed by atoms with Crippen LogP contribution in [0.5, 0.6) is 0 Å². The van der Waals surface area contributed by atoms with Crippen LogP contribution in [0, 0.1) is 23.7 Å². The molecule has 6 aliphatic carbocycles. The maximum atomic E-state index is 2.65. The van der Waals surface area contributed by atoms with Crippen LogP contribution >= 0.6 is 0 Å². The van der Waals surface area contributed by atoms with Gasteiger partial charge in [-0.2, -0.15) is 0 Å². The van der Waals surface area contributed by atoms with Gasteiger partial charge in [0, 0.05) is 27.9 Å². The molecule has 64 heavy (non-hydrogen) atoms. The lowest BCUT2D eigenvalue weighted by molar-refractivity contribution is -0.0399. The Hall–Kier alpha value is -6.70. The number of nitrogens with zero attached hydrogens (tertiary/aromatic N) is 1. The fraction of sp³-hybridized carbons (Fsp3) is 0.206. The highest BCUT2D eigenvalue weighted by molar-refractivity contribution is 6.12. The second-order valence-corrected chi connectivity index (χ2v) is 20.5. The van der Waals surface area contributed by atoms with E-state index in [0.29, 0.717) is 11.8 Å². The van der Waals surface area contributed by atoms with Gasteiger partial charge in [-0.1, -0.05) is 166 Å². The normalized spacial score (nSPS) is 22.7. The van der Waals surface area contributed by atoms with E-state index in [4.69, 9.17) is 0 Å². The van der Waals surface area contributed by atoms with Crippen molar-refractivity contribution in [1.29, 1.82) is 0 Å². The Morgan fingerprint density at radius 2 is 0.969 bits per heavy atom. The summed E-state index contributed by atoms with van der Waals surface area (Å²) in [7, 11) is 0. The third-order valence-electron chi connectivity index (χ3n) is 17.0. The molecular formula is C63H51N.